The molecule has 0 bridgehead atoms. The number of rotatable bonds is 5. The minimum atomic E-state index is -0.851. The molecule has 0 atom stereocenters. The van der Waals surface area contributed by atoms with Gasteiger partial charge in [0.1, 0.15) is 11.4 Å². The summed E-state index contributed by atoms with van der Waals surface area (Å²) in [4.78, 5) is 24.8. The van der Waals surface area contributed by atoms with E-state index in [9.17, 15) is 14.0 Å². The maximum Gasteiger partial charge on any atom is 0.325 e. The summed E-state index contributed by atoms with van der Waals surface area (Å²) in [5, 5.41) is 3.00. The molecule has 21 heavy (non-hydrogen) atoms. The Hall–Kier alpha value is -1.27. The number of carbonyl (C=O) groups excluding carboxylic acids is 2. The molecule has 1 heterocycles. The third-order valence-electron chi connectivity index (χ3n) is 3.21. The lowest BCUT2D eigenvalue weighted by Crippen LogP contribution is -2.40. The second kappa shape index (κ2) is 6.23. The van der Waals surface area contributed by atoms with E-state index in [1.54, 1.807) is 26.0 Å². The van der Waals surface area contributed by atoms with Crippen molar-refractivity contribution in [2.45, 2.75) is 25.1 Å². The molecule has 0 aliphatic carbocycles. The van der Waals surface area contributed by atoms with Crippen molar-refractivity contribution >= 4 is 35.3 Å². The van der Waals surface area contributed by atoms with Crippen LogP contribution < -0.4 is 5.32 Å². The van der Waals surface area contributed by atoms with Gasteiger partial charge in [-0.3, -0.25) is 9.69 Å². The van der Waals surface area contributed by atoms with Gasteiger partial charge in [-0.1, -0.05) is 17.7 Å². The van der Waals surface area contributed by atoms with E-state index in [1.165, 1.54) is 22.7 Å². The van der Waals surface area contributed by atoms with Gasteiger partial charge in [0.15, 0.2) is 0 Å². The van der Waals surface area contributed by atoms with E-state index in [0.29, 0.717) is 28.6 Å². The highest BCUT2D eigenvalue weighted by atomic mass is 35.5. The van der Waals surface area contributed by atoms with Crippen LogP contribution in [-0.2, 0) is 10.5 Å². The number of imide groups is 1. The molecule has 1 fully saturated rings. The predicted octanol–water partition coefficient (Wildman–Crippen LogP) is 3.04. The van der Waals surface area contributed by atoms with E-state index in [2.05, 4.69) is 5.32 Å². The first-order chi connectivity index (χ1) is 9.83. The number of urea groups is 1. The largest absolute Gasteiger partial charge is 0.325 e. The number of amides is 3. The Labute approximate surface area is 132 Å². The number of hydrogen-bond donors (Lipinski definition) is 1. The molecular formula is C14H16ClFN2O2S. The van der Waals surface area contributed by atoms with E-state index in [1.807, 2.05) is 0 Å². The van der Waals surface area contributed by atoms with Crippen LogP contribution in [0.4, 0.5) is 9.18 Å². The number of hydrogen-bond acceptors (Lipinski definition) is 3. The minimum Gasteiger partial charge on any atom is -0.324 e. The van der Waals surface area contributed by atoms with Gasteiger partial charge < -0.3 is 5.32 Å². The molecule has 1 aliphatic heterocycles. The van der Waals surface area contributed by atoms with Crippen LogP contribution >= 0.6 is 23.4 Å². The summed E-state index contributed by atoms with van der Waals surface area (Å²) < 4.78 is 13.6. The van der Waals surface area contributed by atoms with Gasteiger partial charge in [-0.25, -0.2) is 9.18 Å². The fourth-order valence-electron chi connectivity index (χ4n) is 2.02. The molecule has 2 rings (SSSR count). The number of carbonyl (C=O) groups is 2. The highest BCUT2D eigenvalue weighted by molar-refractivity contribution is 7.98. The van der Waals surface area contributed by atoms with Crippen LogP contribution in [0.1, 0.15) is 19.4 Å². The standard InChI is InChI=1S/C14H16ClFN2O2S/c1-14(2)12(19)18(13(20)17-14)6-7-21-8-9-10(15)4-3-5-11(9)16/h3-5H,6-8H2,1-2H3,(H,17,20). The highest BCUT2D eigenvalue weighted by Gasteiger charge is 2.43. The average molecular weight is 331 g/mol. The zero-order valence-electron chi connectivity index (χ0n) is 11.8. The maximum absolute atomic E-state index is 13.6. The van der Waals surface area contributed by atoms with Gasteiger partial charge in [-0.05, 0) is 26.0 Å². The molecule has 3 amide bonds. The highest BCUT2D eigenvalue weighted by Crippen LogP contribution is 2.24. The topological polar surface area (TPSA) is 49.4 Å². The zero-order valence-corrected chi connectivity index (χ0v) is 13.4. The lowest BCUT2D eigenvalue weighted by molar-refractivity contribution is -0.130. The molecule has 0 unspecified atom stereocenters. The quantitative estimate of drug-likeness (QED) is 0.667. The Balaban J connectivity index is 1.86. The smallest absolute Gasteiger partial charge is 0.324 e. The number of thioether (sulfide) groups is 1. The molecule has 0 aromatic heterocycles. The van der Waals surface area contributed by atoms with Crippen molar-refractivity contribution in [3.63, 3.8) is 0 Å². The monoisotopic (exact) mass is 330 g/mol. The van der Waals surface area contributed by atoms with Gasteiger partial charge in [0, 0.05) is 28.6 Å². The Morgan fingerprint density at radius 2 is 2.10 bits per heavy atom. The SMILES string of the molecule is CC1(C)NC(=O)N(CCSCc2c(F)cccc2Cl)C1=O. The zero-order chi connectivity index (χ0) is 15.6. The molecule has 1 aliphatic rings. The van der Waals surface area contributed by atoms with Crippen molar-refractivity contribution in [1.29, 1.82) is 0 Å². The molecule has 1 N–H and O–H groups in total. The van der Waals surface area contributed by atoms with Crippen LogP contribution in [0.3, 0.4) is 0 Å². The van der Waals surface area contributed by atoms with Crippen molar-refractivity contribution in [2.75, 3.05) is 12.3 Å². The number of halogens is 2. The van der Waals surface area contributed by atoms with E-state index in [-0.39, 0.29) is 17.8 Å². The molecule has 0 saturated carbocycles. The molecule has 1 aromatic rings. The van der Waals surface area contributed by atoms with Crippen molar-refractivity contribution in [2.24, 2.45) is 0 Å². The van der Waals surface area contributed by atoms with Gasteiger partial charge in [0.05, 0.1) is 0 Å². The summed E-state index contributed by atoms with van der Waals surface area (Å²) in [7, 11) is 0. The molecule has 0 spiro atoms. The predicted molar refractivity (Wildman–Crippen MR) is 81.9 cm³/mol. The summed E-state index contributed by atoms with van der Waals surface area (Å²) in [5.41, 5.74) is -0.405. The Morgan fingerprint density at radius 3 is 2.67 bits per heavy atom. The molecule has 1 aromatic carbocycles. The summed E-state index contributed by atoms with van der Waals surface area (Å²) in [6, 6.07) is 4.18. The van der Waals surface area contributed by atoms with Gasteiger partial charge >= 0.3 is 6.03 Å². The Morgan fingerprint density at radius 1 is 1.38 bits per heavy atom. The third kappa shape index (κ3) is 3.49. The van der Waals surface area contributed by atoms with Crippen LogP contribution in [0, 0.1) is 5.82 Å². The van der Waals surface area contributed by atoms with Crippen molar-refractivity contribution in [3.05, 3.63) is 34.6 Å². The van der Waals surface area contributed by atoms with Gasteiger partial charge in [0.25, 0.3) is 5.91 Å². The maximum atomic E-state index is 13.6. The Kier molecular flexibility index (Phi) is 4.78. The van der Waals surface area contributed by atoms with Gasteiger partial charge in [-0.15, -0.1) is 0 Å². The first kappa shape index (κ1) is 16.1. The molecule has 1 saturated heterocycles. The minimum absolute atomic E-state index is 0.239. The fraction of sp³-hybridized carbons (Fsp3) is 0.429. The second-order valence-corrected chi connectivity index (χ2v) is 6.78. The second-order valence-electron chi connectivity index (χ2n) is 5.26. The average Bonchev–Trinajstić information content (AvgIpc) is 2.58. The lowest BCUT2D eigenvalue weighted by Gasteiger charge is -2.15. The molecule has 0 radical (unpaired) electrons. The molecule has 114 valence electrons. The molecular weight excluding hydrogens is 315 g/mol. The summed E-state index contributed by atoms with van der Waals surface area (Å²) in [5.74, 6) is 0.349. The Bertz CT molecular complexity index is 560. The summed E-state index contributed by atoms with van der Waals surface area (Å²) in [6.45, 7) is 3.63. The first-order valence-electron chi connectivity index (χ1n) is 6.47. The number of benzene rings is 1. The van der Waals surface area contributed by atoms with Crippen LogP contribution in [0.15, 0.2) is 18.2 Å². The number of nitrogens with one attached hydrogen (secondary N) is 1. The van der Waals surface area contributed by atoms with E-state index in [4.69, 9.17) is 11.6 Å². The van der Waals surface area contributed by atoms with Crippen molar-refractivity contribution < 1.29 is 14.0 Å². The van der Waals surface area contributed by atoms with Crippen molar-refractivity contribution in [1.82, 2.24) is 10.2 Å². The van der Waals surface area contributed by atoms with Crippen LogP contribution in [0.5, 0.6) is 0 Å². The van der Waals surface area contributed by atoms with E-state index < -0.39 is 5.54 Å². The summed E-state index contributed by atoms with van der Waals surface area (Å²) in [6.07, 6.45) is 0. The normalized spacial score (nSPS) is 17.2. The molecule has 7 heteroatoms. The lowest BCUT2D eigenvalue weighted by atomic mass is 10.1. The summed E-state index contributed by atoms with van der Waals surface area (Å²) >= 11 is 7.36. The number of nitrogens with zero attached hydrogens (tertiary/aromatic N) is 1. The van der Waals surface area contributed by atoms with Crippen LogP contribution in [-0.4, -0.2) is 34.7 Å². The van der Waals surface area contributed by atoms with Gasteiger partial charge in [0.2, 0.25) is 0 Å². The fourth-order valence-corrected chi connectivity index (χ4v) is 3.28. The van der Waals surface area contributed by atoms with E-state index in [0.717, 1.165) is 0 Å². The first-order valence-corrected chi connectivity index (χ1v) is 8.01. The third-order valence-corrected chi connectivity index (χ3v) is 4.53. The molecule has 4 nitrogen and oxygen atoms in total. The van der Waals surface area contributed by atoms with Crippen LogP contribution in [0.25, 0.3) is 0 Å². The van der Waals surface area contributed by atoms with Gasteiger partial charge in [-0.2, -0.15) is 11.8 Å². The van der Waals surface area contributed by atoms with Crippen molar-refractivity contribution in [3.8, 4) is 0 Å². The van der Waals surface area contributed by atoms with E-state index >= 15 is 0 Å². The van der Waals surface area contributed by atoms with Crippen LogP contribution in [0.2, 0.25) is 5.02 Å².